The number of hydrogen-bond donors (Lipinski definition) is 1. The maximum absolute atomic E-state index is 13.0. The summed E-state index contributed by atoms with van der Waals surface area (Å²) in [5.74, 6) is 0.712. The molecule has 2 aliphatic heterocycles. The van der Waals surface area contributed by atoms with E-state index in [4.69, 9.17) is 14.2 Å². The second kappa shape index (κ2) is 4.65. The van der Waals surface area contributed by atoms with E-state index in [9.17, 15) is 9.59 Å². The molecule has 1 saturated carbocycles. The molecule has 1 N–H and O–H groups in total. The zero-order valence-corrected chi connectivity index (χ0v) is 14.1. The van der Waals surface area contributed by atoms with E-state index in [1.165, 1.54) is 0 Å². The van der Waals surface area contributed by atoms with Crippen LogP contribution in [0.5, 0.6) is 11.5 Å². The summed E-state index contributed by atoms with van der Waals surface area (Å²) in [4.78, 5) is 25.3. The monoisotopic (exact) mass is 331 g/mol. The van der Waals surface area contributed by atoms with Gasteiger partial charge in [0.15, 0.2) is 17.1 Å². The van der Waals surface area contributed by atoms with E-state index in [-0.39, 0.29) is 11.9 Å². The van der Waals surface area contributed by atoms with Gasteiger partial charge in [0, 0.05) is 17.2 Å². The summed E-state index contributed by atoms with van der Waals surface area (Å²) in [7, 11) is 0. The summed E-state index contributed by atoms with van der Waals surface area (Å²) in [5.41, 5.74) is -1.69. The van der Waals surface area contributed by atoms with Crippen molar-refractivity contribution >= 4 is 17.6 Å². The summed E-state index contributed by atoms with van der Waals surface area (Å²) >= 11 is 0. The fourth-order valence-corrected chi connectivity index (χ4v) is 4.10. The first-order valence-corrected chi connectivity index (χ1v) is 8.25. The Morgan fingerprint density at radius 3 is 2.42 bits per heavy atom. The third-order valence-electron chi connectivity index (χ3n) is 6.25. The molecule has 1 aromatic rings. The van der Waals surface area contributed by atoms with E-state index in [0.717, 1.165) is 0 Å². The number of nitrogens with one attached hydrogen (secondary N) is 1. The van der Waals surface area contributed by atoms with Crippen molar-refractivity contribution in [3.63, 3.8) is 0 Å². The molecule has 1 aliphatic carbocycles. The second-order valence-corrected chi connectivity index (χ2v) is 7.49. The van der Waals surface area contributed by atoms with Gasteiger partial charge in [-0.2, -0.15) is 0 Å². The number of rotatable bonds is 2. The van der Waals surface area contributed by atoms with Gasteiger partial charge in [-0.15, -0.1) is 0 Å². The van der Waals surface area contributed by atoms with Crippen molar-refractivity contribution in [1.29, 1.82) is 0 Å². The molecule has 2 bridgehead atoms. The topological polar surface area (TPSA) is 73.9 Å². The average Bonchev–Trinajstić information content (AvgIpc) is 2.85. The number of carbonyl (C=O) groups is 2. The van der Waals surface area contributed by atoms with E-state index in [2.05, 4.69) is 5.32 Å². The predicted octanol–water partition coefficient (Wildman–Crippen LogP) is 2.52. The molecule has 0 radical (unpaired) electrons. The van der Waals surface area contributed by atoms with Crippen LogP contribution in [0.4, 0.5) is 5.69 Å². The van der Waals surface area contributed by atoms with Gasteiger partial charge in [0.1, 0.15) is 13.2 Å². The van der Waals surface area contributed by atoms with Gasteiger partial charge in [-0.1, -0.05) is 13.8 Å². The lowest BCUT2D eigenvalue weighted by molar-refractivity contribution is -0.165. The first kappa shape index (κ1) is 15.3. The van der Waals surface area contributed by atoms with Crippen LogP contribution in [0.2, 0.25) is 0 Å². The number of fused-ring (bicyclic) bond motifs is 3. The number of anilines is 1. The van der Waals surface area contributed by atoms with Crippen molar-refractivity contribution in [3.8, 4) is 11.5 Å². The Bertz CT molecular complexity index is 743. The summed E-state index contributed by atoms with van der Waals surface area (Å²) in [6.07, 6.45) is 1.20. The molecule has 1 amide bonds. The summed E-state index contributed by atoms with van der Waals surface area (Å²) in [6.45, 7) is 6.77. The second-order valence-electron chi connectivity index (χ2n) is 7.49. The Morgan fingerprint density at radius 1 is 1.08 bits per heavy atom. The molecule has 24 heavy (non-hydrogen) atoms. The Morgan fingerprint density at radius 2 is 1.79 bits per heavy atom. The molecule has 0 unspecified atom stereocenters. The molecule has 2 heterocycles. The fourth-order valence-electron chi connectivity index (χ4n) is 4.10. The van der Waals surface area contributed by atoms with Crippen LogP contribution < -0.4 is 14.8 Å². The first-order valence-electron chi connectivity index (χ1n) is 8.25. The zero-order valence-electron chi connectivity index (χ0n) is 14.1. The minimum Gasteiger partial charge on any atom is -0.486 e. The van der Waals surface area contributed by atoms with Crippen LogP contribution in [0.15, 0.2) is 18.2 Å². The highest BCUT2D eigenvalue weighted by Gasteiger charge is 2.75. The molecular weight excluding hydrogens is 310 g/mol. The van der Waals surface area contributed by atoms with Gasteiger partial charge in [-0.25, -0.2) is 0 Å². The van der Waals surface area contributed by atoms with E-state index >= 15 is 0 Å². The van der Waals surface area contributed by atoms with Gasteiger partial charge < -0.3 is 19.5 Å². The fraction of sp³-hybridized carbons (Fsp3) is 0.556. The highest BCUT2D eigenvalue weighted by atomic mass is 16.6. The Balaban J connectivity index is 1.62. The zero-order chi connectivity index (χ0) is 17.2. The van der Waals surface area contributed by atoms with Gasteiger partial charge >= 0.3 is 5.97 Å². The van der Waals surface area contributed by atoms with Gasteiger partial charge in [0.2, 0.25) is 0 Å². The van der Waals surface area contributed by atoms with Crippen LogP contribution in [0.3, 0.4) is 0 Å². The van der Waals surface area contributed by atoms with E-state index in [1.54, 1.807) is 18.2 Å². The van der Waals surface area contributed by atoms with Crippen LogP contribution >= 0.6 is 0 Å². The normalized spacial score (nSPS) is 32.4. The molecule has 0 aromatic heterocycles. The van der Waals surface area contributed by atoms with Gasteiger partial charge in [0.25, 0.3) is 5.91 Å². The highest BCUT2D eigenvalue weighted by molar-refractivity contribution is 6.03. The SMILES string of the molecule is CC1(C)[C@@]2(C(=O)Nc3ccc4c(c3)OCCO4)CC[C@]1(C)C(=O)O2. The maximum Gasteiger partial charge on any atom is 0.313 e. The van der Waals surface area contributed by atoms with Crippen LogP contribution in [0.25, 0.3) is 0 Å². The molecule has 2 fully saturated rings. The third kappa shape index (κ3) is 1.71. The minimum absolute atomic E-state index is 0.279. The van der Waals surface area contributed by atoms with Crippen LogP contribution in [-0.2, 0) is 14.3 Å². The lowest BCUT2D eigenvalue weighted by atomic mass is 9.66. The number of carbonyl (C=O) groups excluding carboxylic acids is 2. The number of benzene rings is 1. The third-order valence-corrected chi connectivity index (χ3v) is 6.25. The van der Waals surface area contributed by atoms with E-state index < -0.39 is 16.4 Å². The van der Waals surface area contributed by atoms with Crippen molar-refractivity contribution in [2.45, 2.75) is 39.2 Å². The molecule has 4 rings (SSSR count). The molecule has 1 aromatic carbocycles. The lowest BCUT2D eigenvalue weighted by Gasteiger charge is -2.35. The average molecular weight is 331 g/mol. The molecule has 0 spiro atoms. The Kier molecular flexibility index (Phi) is 2.96. The van der Waals surface area contributed by atoms with Crippen molar-refractivity contribution in [1.82, 2.24) is 0 Å². The molecular formula is C18H21NO5. The van der Waals surface area contributed by atoms with Gasteiger partial charge in [0.05, 0.1) is 5.41 Å². The van der Waals surface area contributed by atoms with Crippen LogP contribution in [0, 0.1) is 10.8 Å². The number of esters is 1. The minimum atomic E-state index is -1.12. The lowest BCUT2D eigenvalue weighted by Crippen LogP contribution is -2.50. The van der Waals surface area contributed by atoms with E-state index in [0.29, 0.717) is 43.2 Å². The Labute approximate surface area is 140 Å². The van der Waals surface area contributed by atoms with Gasteiger partial charge in [-0.3, -0.25) is 9.59 Å². The quantitative estimate of drug-likeness (QED) is 0.843. The Hall–Kier alpha value is -2.24. The smallest absolute Gasteiger partial charge is 0.313 e. The molecule has 6 nitrogen and oxygen atoms in total. The number of hydrogen-bond acceptors (Lipinski definition) is 5. The highest BCUT2D eigenvalue weighted by Crippen LogP contribution is 2.65. The standard InChI is InChI=1S/C18H21NO5/c1-16(2)17(3)6-7-18(16,24-15(17)21)14(20)19-11-4-5-12-13(10-11)23-9-8-22-12/h4-5,10H,6-9H2,1-3H3,(H,19,20)/t17-,18+/m1/s1. The summed E-state index contributed by atoms with van der Waals surface area (Å²) in [5, 5.41) is 2.89. The largest absolute Gasteiger partial charge is 0.486 e. The van der Waals surface area contributed by atoms with Crippen molar-refractivity contribution in [3.05, 3.63) is 18.2 Å². The number of amides is 1. The van der Waals surface area contributed by atoms with Crippen LogP contribution in [-0.4, -0.2) is 30.7 Å². The predicted molar refractivity (Wildman–Crippen MR) is 86.0 cm³/mol. The first-order chi connectivity index (χ1) is 11.3. The van der Waals surface area contributed by atoms with Crippen LogP contribution in [0.1, 0.15) is 33.6 Å². The van der Waals surface area contributed by atoms with Crippen molar-refractivity contribution < 1.29 is 23.8 Å². The molecule has 2 atom stereocenters. The molecule has 1 saturated heterocycles. The molecule has 3 aliphatic rings. The van der Waals surface area contributed by atoms with Crippen molar-refractivity contribution in [2.75, 3.05) is 18.5 Å². The maximum atomic E-state index is 13.0. The number of ether oxygens (including phenoxy) is 3. The molecule has 6 heteroatoms. The van der Waals surface area contributed by atoms with Gasteiger partial charge in [-0.05, 0) is 31.9 Å². The molecule has 128 valence electrons. The van der Waals surface area contributed by atoms with Crippen molar-refractivity contribution in [2.24, 2.45) is 10.8 Å². The van der Waals surface area contributed by atoms with E-state index in [1.807, 2.05) is 20.8 Å². The summed E-state index contributed by atoms with van der Waals surface area (Å²) in [6, 6.07) is 5.27. The summed E-state index contributed by atoms with van der Waals surface area (Å²) < 4.78 is 16.6.